The fraction of sp³-hybridized carbons (Fsp3) is 0.909. The molecule has 0 radical (unpaired) electrons. The zero-order valence-corrected chi connectivity index (χ0v) is 12.3. The normalized spacial score (nSPS) is 22.5. The van der Waals surface area contributed by atoms with Gasteiger partial charge in [-0.15, -0.1) is 11.6 Å². The highest BCUT2D eigenvalue weighted by molar-refractivity contribution is 7.57. The minimum atomic E-state index is -2.89. The van der Waals surface area contributed by atoms with Gasteiger partial charge in [0.15, 0.2) is 0 Å². The second-order valence-corrected chi connectivity index (χ2v) is 7.66. The standard InChI is InChI=1S/C11H21ClN3O2P/c12-6-5-11(16)13-18(17,14-7-1-2-8-14)15-9-3-4-10-15/h1-10H2,(H,13,16,17). The van der Waals surface area contributed by atoms with Crippen LogP contribution in [0.4, 0.5) is 0 Å². The van der Waals surface area contributed by atoms with Crippen molar-refractivity contribution in [2.75, 3.05) is 32.1 Å². The SMILES string of the molecule is O=C(CCCl)NP(=O)(N1CCCC1)N1CCCC1. The Labute approximate surface area is 113 Å². The first-order chi connectivity index (χ1) is 8.66. The monoisotopic (exact) mass is 293 g/mol. The first-order valence-corrected chi connectivity index (χ1v) is 8.79. The van der Waals surface area contributed by atoms with Gasteiger partial charge in [-0.3, -0.25) is 14.4 Å². The number of nitrogens with zero attached hydrogens (tertiary/aromatic N) is 2. The van der Waals surface area contributed by atoms with E-state index in [-0.39, 0.29) is 18.2 Å². The van der Waals surface area contributed by atoms with Gasteiger partial charge >= 0.3 is 7.59 Å². The highest BCUT2D eigenvalue weighted by atomic mass is 35.5. The minimum Gasteiger partial charge on any atom is -0.283 e. The first-order valence-electron chi connectivity index (χ1n) is 6.65. The molecule has 2 saturated heterocycles. The van der Waals surface area contributed by atoms with Crippen LogP contribution in [0.2, 0.25) is 0 Å². The molecule has 0 saturated carbocycles. The van der Waals surface area contributed by atoms with Gasteiger partial charge in [0.1, 0.15) is 0 Å². The number of carbonyl (C=O) groups excluding carboxylic acids is 1. The van der Waals surface area contributed by atoms with Gasteiger partial charge in [0.2, 0.25) is 5.91 Å². The summed E-state index contributed by atoms with van der Waals surface area (Å²) in [7, 11) is -2.89. The molecule has 18 heavy (non-hydrogen) atoms. The van der Waals surface area contributed by atoms with Gasteiger partial charge < -0.3 is 0 Å². The number of nitrogens with one attached hydrogen (secondary N) is 1. The zero-order chi connectivity index (χ0) is 13.0. The maximum Gasteiger partial charge on any atom is 0.310 e. The van der Waals surface area contributed by atoms with Crippen LogP contribution in [0.25, 0.3) is 0 Å². The van der Waals surface area contributed by atoms with Crippen molar-refractivity contribution in [1.29, 1.82) is 0 Å². The van der Waals surface area contributed by atoms with E-state index in [4.69, 9.17) is 11.6 Å². The topological polar surface area (TPSA) is 52.7 Å². The zero-order valence-electron chi connectivity index (χ0n) is 10.6. The van der Waals surface area contributed by atoms with Crippen molar-refractivity contribution < 1.29 is 9.36 Å². The predicted octanol–water partition coefficient (Wildman–Crippen LogP) is 2.03. The Morgan fingerprint density at radius 3 is 1.89 bits per heavy atom. The van der Waals surface area contributed by atoms with Gasteiger partial charge in [0.25, 0.3) is 0 Å². The molecule has 0 aromatic rings. The molecule has 2 heterocycles. The molecule has 2 fully saturated rings. The molecule has 104 valence electrons. The van der Waals surface area contributed by atoms with Crippen molar-refractivity contribution in [3.05, 3.63) is 0 Å². The summed E-state index contributed by atoms with van der Waals surface area (Å²) in [5.74, 6) is 0.0679. The summed E-state index contributed by atoms with van der Waals surface area (Å²) in [6.45, 7) is 3.26. The Morgan fingerprint density at radius 1 is 1.06 bits per heavy atom. The second-order valence-electron chi connectivity index (χ2n) is 4.84. The van der Waals surface area contributed by atoms with Crippen LogP contribution in [0.3, 0.4) is 0 Å². The lowest BCUT2D eigenvalue weighted by molar-refractivity contribution is -0.119. The van der Waals surface area contributed by atoms with E-state index in [9.17, 15) is 9.36 Å². The van der Waals surface area contributed by atoms with Gasteiger partial charge in [-0.1, -0.05) is 0 Å². The highest BCUT2D eigenvalue weighted by Gasteiger charge is 2.40. The van der Waals surface area contributed by atoms with Crippen molar-refractivity contribution >= 4 is 25.1 Å². The van der Waals surface area contributed by atoms with E-state index in [2.05, 4.69) is 5.09 Å². The lowest BCUT2D eigenvalue weighted by Gasteiger charge is -2.34. The Hall–Kier alpha value is -0.0900. The van der Waals surface area contributed by atoms with E-state index in [0.29, 0.717) is 0 Å². The number of hydrogen-bond acceptors (Lipinski definition) is 2. The quantitative estimate of drug-likeness (QED) is 0.622. The molecular weight excluding hydrogens is 273 g/mol. The van der Waals surface area contributed by atoms with Crippen LogP contribution >= 0.6 is 19.2 Å². The molecule has 0 spiro atoms. The maximum absolute atomic E-state index is 13.2. The Balaban J connectivity index is 2.10. The molecule has 1 N–H and O–H groups in total. The molecule has 0 aliphatic carbocycles. The van der Waals surface area contributed by atoms with Crippen molar-refractivity contribution in [2.24, 2.45) is 0 Å². The second kappa shape index (κ2) is 6.38. The summed E-state index contributed by atoms with van der Waals surface area (Å²) in [4.78, 5) is 11.8. The van der Waals surface area contributed by atoms with E-state index < -0.39 is 7.59 Å². The molecule has 2 aliphatic heterocycles. The highest BCUT2D eigenvalue weighted by Crippen LogP contribution is 2.52. The molecule has 7 heteroatoms. The van der Waals surface area contributed by atoms with Crippen molar-refractivity contribution in [2.45, 2.75) is 32.1 Å². The first kappa shape index (κ1) is 14.3. The predicted molar refractivity (Wildman–Crippen MR) is 72.7 cm³/mol. The van der Waals surface area contributed by atoms with Crippen LogP contribution in [0.1, 0.15) is 32.1 Å². The molecule has 1 amide bonds. The minimum absolute atomic E-state index is 0.202. The van der Waals surface area contributed by atoms with Crippen LogP contribution in [0.5, 0.6) is 0 Å². The fourth-order valence-corrected chi connectivity index (χ4v) is 5.47. The molecule has 2 rings (SSSR count). The van der Waals surface area contributed by atoms with Gasteiger partial charge in [-0.05, 0) is 25.7 Å². The largest absolute Gasteiger partial charge is 0.310 e. The van der Waals surface area contributed by atoms with Gasteiger partial charge in [0.05, 0.1) is 0 Å². The summed E-state index contributed by atoms with van der Waals surface area (Å²) < 4.78 is 17.1. The van der Waals surface area contributed by atoms with Crippen LogP contribution in [-0.4, -0.2) is 47.3 Å². The van der Waals surface area contributed by atoms with Crippen LogP contribution < -0.4 is 5.09 Å². The van der Waals surface area contributed by atoms with Gasteiger partial charge in [-0.25, -0.2) is 9.34 Å². The van der Waals surface area contributed by atoms with Crippen molar-refractivity contribution in [1.82, 2.24) is 14.4 Å². The van der Waals surface area contributed by atoms with Crippen LogP contribution in [-0.2, 0) is 9.36 Å². The average Bonchev–Trinajstić information content (AvgIpc) is 3.03. The summed E-state index contributed by atoms with van der Waals surface area (Å²) in [5, 5.41) is 2.76. The average molecular weight is 294 g/mol. The van der Waals surface area contributed by atoms with Gasteiger partial charge in [-0.2, -0.15) is 0 Å². The number of alkyl halides is 1. The summed E-state index contributed by atoms with van der Waals surface area (Å²) in [6, 6.07) is 0. The third kappa shape index (κ3) is 3.08. The number of rotatable bonds is 5. The van der Waals surface area contributed by atoms with Crippen LogP contribution in [0.15, 0.2) is 0 Å². The van der Waals surface area contributed by atoms with E-state index in [1.54, 1.807) is 0 Å². The maximum atomic E-state index is 13.2. The third-order valence-corrected chi connectivity index (χ3v) is 6.59. The fourth-order valence-electron chi connectivity index (χ4n) is 2.57. The van der Waals surface area contributed by atoms with E-state index in [1.807, 2.05) is 9.34 Å². The van der Waals surface area contributed by atoms with Gasteiger partial charge in [0, 0.05) is 38.5 Å². The smallest absolute Gasteiger partial charge is 0.283 e. The molecule has 2 aliphatic rings. The summed E-state index contributed by atoms with van der Waals surface area (Å²) in [6.07, 6.45) is 4.46. The lowest BCUT2D eigenvalue weighted by atomic mass is 10.4. The number of hydrogen-bond donors (Lipinski definition) is 1. The molecule has 0 aromatic carbocycles. The van der Waals surface area contributed by atoms with Crippen molar-refractivity contribution in [3.63, 3.8) is 0 Å². The molecule has 0 aromatic heterocycles. The van der Waals surface area contributed by atoms with Crippen molar-refractivity contribution in [3.8, 4) is 0 Å². The lowest BCUT2D eigenvalue weighted by Crippen LogP contribution is -2.38. The number of carbonyl (C=O) groups is 1. The number of amides is 1. The summed E-state index contributed by atoms with van der Waals surface area (Å²) in [5.41, 5.74) is 0. The Kier molecular flexibility index (Phi) is 5.07. The molecule has 0 atom stereocenters. The van der Waals surface area contributed by atoms with E-state index >= 15 is 0 Å². The third-order valence-electron chi connectivity index (χ3n) is 3.52. The molecular formula is C11H21ClN3O2P. The van der Waals surface area contributed by atoms with E-state index in [1.165, 1.54) is 0 Å². The number of halogens is 1. The molecule has 0 bridgehead atoms. The van der Waals surface area contributed by atoms with Crippen LogP contribution in [0, 0.1) is 0 Å². The molecule has 5 nitrogen and oxygen atoms in total. The molecule has 0 unspecified atom stereocenters. The van der Waals surface area contributed by atoms with E-state index in [0.717, 1.165) is 51.9 Å². The summed E-state index contributed by atoms with van der Waals surface area (Å²) >= 11 is 5.57. The Bertz CT molecular complexity index is 321. The Morgan fingerprint density at radius 2 is 1.50 bits per heavy atom.